The Balaban J connectivity index is 1.51. The summed E-state index contributed by atoms with van der Waals surface area (Å²) in [5, 5.41) is 4.00. The summed E-state index contributed by atoms with van der Waals surface area (Å²) in [7, 11) is 0. The maximum absolute atomic E-state index is 12.4. The second-order valence-electron chi connectivity index (χ2n) is 6.28. The van der Waals surface area contributed by atoms with Crippen molar-refractivity contribution in [3.63, 3.8) is 0 Å². The number of nitrogens with zero attached hydrogens (tertiary/aromatic N) is 2. The van der Waals surface area contributed by atoms with Crippen LogP contribution in [-0.2, 0) is 0 Å². The molecule has 1 N–H and O–H groups in total. The van der Waals surface area contributed by atoms with Crippen LogP contribution >= 0.6 is 0 Å². The lowest BCUT2D eigenvalue weighted by molar-refractivity contribution is 0.0904. The smallest absolute Gasteiger partial charge is 0.270 e. The van der Waals surface area contributed by atoms with Crippen molar-refractivity contribution in [2.24, 2.45) is 5.92 Å². The second-order valence-corrected chi connectivity index (χ2v) is 6.28. The van der Waals surface area contributed by atoms with Crippen molar-refractivity contribution in [2.45, 2.75) is 18.9 Å². The molecule has 1 amide bonds. The number of furan rings is 1. The number of hydrogen-bond donors (Lipinski definition) is 1. The Morgan fingerprint density at radius 1 is 1.45 bits per heavy atom. The van der Waals surface area contributed by atoms with E-state index < -0.39 is 0 Å². The Bertz CT molecular complexity index is 725. The van der Waals surface area contributed by atoms with E-state index in [9.17, 15) is 4.79 Å². The summed E-state index contributed by atoms with van der Waals surface area (Å²) < 4.78 is 5.60. The Labute approximate surface area is 129 Å². The third-order valence-electron chi connectivity index (χ3n) is 4.66. The molecular weight excluding hydrogens is 278 g/mol. The minimum Gasteiger partial charge on any atom is -0.457 e. The van der Waals surface area contributed by atoms with Crippen LogP contribution in [0.1, 0.15) is 29.1 Å². The van der Waals surface area contributed by atoms with E-state index in [1.54, 1.807) is 18.3 Å². The molecule has 2 bridgehead atoms. The fraction of sp³-hybridized carbons (Fsp3) is 0.412. The maximum atomic E-state index is 12.4. The predicted molar refractivity (Wildman–Crippen MR) is 84.5 cm³/mol. The van der Waals surface area contributed by atoms with Gasteiger partial charge in [-0.15, -0.1) is 0 Å². The zero-order valence-electron chi connectivity index (χ0n) is 12.4. The van der Waals surface area contributed by atoms with E-state index in [2.05, 4.69) is 21.8 Å². The second kappa shape index (κ2) is 5.25. The molecule has 2 aromatic rings. The van der Waals surface area contributed by atoms with E-state index >= 15 is 0 Å². The highest BCUT2D eigenvalue weighted by Gasteiger charge is 2.33. The first kappa shape index (κ1) is 13.5. The first-order valence-corrected chi connectivity index (χ1v) is 7.76. The van der Waals surface area contributed by atoms with Crippen LogP contribution in [0, 0.1) is 5.92 Å². The van der Waals surface area contributed by atoms with Crippen LogP contribution in [0.15, 0.2) is 29.3 Å². The third-order valence-corrected chi connectivity index (χ3v) is 4.66. The number of fused-ring (bicyclic) bond motifs is 3. The molecule has 22 heavy (non-hydrogen) atoms. The van der Waals surface area contributed by atoms with Crippen LogP contribution in [0.3, 0.4) is 0 Å². The van der Waals surface area contributed by atoms with Gasteiger partial charge in [0.1, 0.15) is 17.0 Å². The first-order valence-electron chi connectivity index (χ1n) is 7.76. The van der Waals surface area contributed by atoms with Crippen molar-refractivity contribution in [3.05, 3.63) is 36.4 Å². The highest BCUT2D eigenvalue weighted by molar-refractivity contribution is 5.95. The van der Waals surface area contributed by atoms with Crippen molar-refractivity contribution < 1.29 is 9.21 Å². The number of carbonyl (C=O) groups excluding carboxylic acids is 1. The largest absolute Gasteiger partial charge is 0.457 e. The summed E-state index contributed by atoms with van der Waals surface area (Å²) in [5.74, 6) is 1.30. The van der Waals surface area contributed by atoms with Gasteiger partial charge in [0.15, 0.2) is 0 Å². The van der Waals surface area contributed by atoms with Gasteiger partial charge in [-0.25, -0.2) is 0 Å². The van der Waals surface area contributed by atoms with Crippen LogP contribution in [0.4, 0.5) is 0 Å². The van der Waals surface area contributed by atoms with Gasteiger partial charge in [-0.3, -0.25) is 9.78 Å². The van der Waals surface area contributed by atoms with Crippen LogP contribution in [0.2, 0.25) is 0 Å². The summed E-state index contributed by atoms with van der Waals surface area (Å²) >= 11 is 0. The normalized spacial score (nSPS) is 27.0. The van der Waals surface area contributed by atoms with Crippen molar-refractivity contribution in [1.82, 2.24) is 15.2 Å². The number of nitrogens with one attached hydrogen (secondary N) is 1. The van der Waals surface area contributed by atoms with Crippen LogP contribution in [0.25, 0.3) is 17.0 Å². The zero-order chi connectivity index (χ0) is 15.1. The Morgan fingerprint density at radius 2 is 2.36 bits per heavy atom. The van der Waals surface area contributed by atoms with Crippen LogP contribution in [-0.4, -0.2) is 41.5 Å². The Hall–Kier alpha value is -2.14. The Morgan fingerprint density at radius 3 is 3.18 bits per heavy atom. The number of pyridine rings is 1. The molecule has 114 valence electrons. The quantitative estimate of drug-likeness (QED) is 0.944. The molecule has 4 rings (SSSR count). The van der Waals surface area contributed by atoms with Crippen molar-refractivity contribution >= 4 is 23.0 Å². The molecule has 0 saturated carbocycles. The summed E-state index contributed by atoms with van der Waals surface area (Å²) in [6.45, 7) is 6.99. The molecule has 4 heterocycles. The van der Waals surface area contributed by atoms with Crippen molar-refractivity contribution in [2.75, 3.05) is 19.6 Å². The predicted octanol–water partition coefficient (Wildman–Crippen LogP) is 2.29. The molecule has 0 aromatic carbocycles. The molecular formula is C17H19N3O2. The van der Waals surface area contributed by atoms with Crippen molar-refractivity contribution in [3.8, 4) is 0 Å². The van der Waals surface area contributed by atoms with Crippen molar-refractivity contribution in [1.29, 1.82) is 0 Å². The van der Waals surface area contributed by atoms with Gasteiger partial charge in [0.25, 0.3) is 5.91 Å². The van der Waals surface area contributed by atoms with Gasteiger partial charge in [-0.2, -0.15) is 0 Å². The molecule has 2 aromatic heterocycles. The Kier molecular flexibility index (Phi) is 3.22. The molecule has 0 radical (unpaired) electrons. The lowest BCUT2D eigenvalue weighted by Crippen LogP contribution is -2.47. The molecule has 2 fully saturated rings. The number of piperidine rings is 1. The van der Waals surface area contributed by atoms with E-state index in [-0.39, 0.29) is 11.9 Å². The highest BCUT2D eigenvalue weighted by atomic mass is 16.3. The van der Waals surface area contributed by atoms with Crippen LogP contribution in [0.5, 0.6) is 0 Å². The SMILES string of the molecule is C=Cc1cc2cnc(C(=O)NC3CC4CCN(C4)C3)cc2o1. The summed E-state index contributed by atoms with van der Waals surface area (Å²) in [6, 6.07) is 3.80. The van der Waals surface area contributed by atoms with Gasteiger partial charge < -0.3 is 14.6 Å². The summed E-state index contributed by atoms with van der Waals surface area (Å²) in [5.41, 5.74) is 1.08. The average Bonchev–Trinajstić information content (AvgIpc) is 3.09. The first-order chi connectivity index (χ1) is 10.7. The number of rotatable bonds is 3. The average molecular weight is 297 g/mol. The minimum absolute atomic E-state index is 0.119. The molecule has 0 aliphatic carbocycles. The molecule has 2 aliphatic heterocycles. The van der Waals surface area contributed by atoms with Gasteiger partial charge in [0, 0.05) is 36.8 Å². The van der Waals surface area contributed by atoms with E-state index in [1.165, 1.54) is 13.0 Å². The van der Waals surface area contributed by atoms with Crippen LogP contribution < -0.4 is 5.32 Å². The van der Waals surface area contributed by atoms with E-state index in [0.29, 0.717) is 17.0 Å². The number of hydrogen-bond acceptors (Lipinski definition) is 4. The third kappa shape index (κ3) is 2.41. The summed E-state index contributed by atoms with van der Waals surface area (Å²) in [4.78, 5) is 19.1. The molecule has 2 aliphatic rings. The zero-order valence-corrected chi connectivity index (χ0v) is 12.4. The number of amides is 1. The van der Waals surface area contributed by atoms with Gasteiger partial charge in [0.2, 0.25) is 0 Å². The lowest BCUT2D eigenvalue weighted by atomic mass is 9.97. The summed E-state index contributed by atoms with van der Waals surface area (Å²) in [6.07, 6.45) is 5.65. The molecule has 3 unspecified atom stereocenters. The molecule has 2 saturated heterocycles. The monoisotopic (exact) mass is 297 g/mol. The maximum Gasteiger partial charge on any atom is 0.270 e. The standard InChI is InChI=1S/C17H19N3O2/c1-2-14-6-12-8-18-15(7-16(12)22-14)17(21)19-13-5-11-3-4-20(9-11)10-13/h2,6-8,11,13H,1,3-5,9-10H2,(H,19,21). The number of carbonyl (C=O) groups is 1. The molecule has 3 atom stereocenters. The fourth-order valence-corrected chi connectivity index (χ4v) is 3.60. The minimum atomic E-state index is -0.119. The molecule has 5 nitrogen and oxygen atoms in total. The van der Waals surface area contributed by atoms with Gasteiger partial charge >= 0.3 is 0 Å². The van der Waals surface area contributed by atoms with Gasteiger partial charge in [0.05, 0.1) is 0 Å². The van der Waals surface area contributed by atoms with E-state index in [4.69, 9.17) is 4.42 Å². The highest BCUT2D eigenvalue weighted by Crippen LogP contribution is 2.27. The topological polar surface area (TPSA) is 58.4 Å². The van der Waals surface area contributed by atoms with Gasteiger partial charge in [-0.1, -0.05) is 6.58 Å². The van der Waals surface area contributed by atoms with E-state index in [1.807, 2.05) is 6.07 Å². The molecule has 5 heteroatoms. The number of aromatic nitrogens is 1. The molecule has 0 spiro atoms. The lowest BCUT2D eigenvalue weighted by Gasteiger charge is -2.30. The fourth-order valence-electron chi connectivity index (χ4n) is 3.60. The van der Waals surface area contributed by atoms with Gasteiger partial charge in [-0.05, 0) is 37.4 Å². The van der Waals surface area contributed by atoms with E-state index in [0.717, 1.165) is 30.8 Å².